The summed E-state index contributed by atoms with van der Waals surface area (Å²) in [6, 6.07) is 9.29. The number of alkyl carbamates (subject to hydrolysis) is 1. The zero-order valence-corrected chi connectivity index (χ0v) is 17.3. The van der Waals surface area contributed by atoms with Gasteiger partial charge in [0.2, 0.25) is 0 Å². The number of amides is 1. The van der Waals surface area contributed by atoms with E-state index in [9.17, 15) is 22.8 Å². The summed E-state index contributed by atoms with van der Waals surface area (Å²) in [6.45, 7) is 5.23. The molecule has 0 aliphatic rings. The quantitative estimate of drug-likeness (QED) is 0.642. The molecule has 9 heteroatoms. The Balaban J connectivity index is 2.04. The molecular formula is C22H22F3N3O3. The molecule has 0 saturated heterocycles. The zero-order valence-electron chi connectivity index (χ0n) is 17.3. The second-order valence-electron chi connectivity index (χ2n) is 7.88. The van der Waals surface area contributed by atoms with Crippen LogP contribution in [0.15, 0.2) is 47.3 Å². The van der Waals surface area contributed by atoms with Gasteiger partial charge in [-0.25, -0.2) is 22.9 Å². The van der Waals surface area contributed by atoms with Gasteiger partial charge >= 0.3 is 6.09 Å². The molecule has 0 fully saturated rings. The Bertz CT molecular complexity index is 1170. The van der Waals surface area contributed by atoms with E-state index in [4.69, 9.17) is 4.74 Å². The summed E-state index contributed by atoms with van der Waals surface area (Å²) in [4.78, 5) is 29.4. The molecule has 2 aromatic carbocycles. The predicted octanol–water partition coefficient (Wildman–Crippen LogP) is 4.53. The molecule has 0 spiro atoms. The second-order valence-corrected chi connectivity index (χ2v) is 7.88. The molecule has 0 radical (unpaired) electrons. The van der Waals surface area contributed by atoms with E-state index in [1.54, 1.807) is 20.8 Å². The van der Waals surface area contributed by atoms with Crippen molar-refractivity contribution in [1.82, 2.24) is 14.9 Å². The van der Waals surface area contributed by atoms with Crippen LogP contribution in [-0.4, -0.2) is 27.8 Å². The van der Waals surface area contributed by atoms with Crippen LogP contribution in [0.4, 0.5) is 18.0 Å². The molecule has 0 saturated carbocycles. The number of halogens is 3. The lowest BCUT2D eigenvalue weighted by Crippen LogP contribution is -2.34. The van der Waals surface area contributed by atoms with E-state index in [0.717, 1.165) is 16.7 Å². The van der Waals surface area contributed by atoms with Crippen LogP contribution in [0.3, 0.4) is 0 Å². The topological polar surface area (TPSA) is 73.2 Å². The van der Waals surface area contributed by atoms with Crippen molar-refractivity contribution in [3.8, 4) is 5.69 Å². The number of benzene rings is 2. The van der Waals surface area contributed by atoms with Gasteiger partial charge in [0, 0.05) is 18.5 Å². The van der Waals surface area contributed by atoms with Crippen LogP contribution in [0.2, 0.25) is 0 Å². The monoisotopic (exact) mass is 433 g/mol. The summed E-state index contributed by atoms with van der Waals surface area (Å²) in [5, 5.41) is 2.32. The molecular weight excluding hydrogens is 411 g/mol. The van der Waals surface area contributed by atoms with Gasteiger partial charge in [-0.1, -0.05) is 18.2 Å². The van der Waals surface area contributed by atoms with E-state index in [0.29, 0.717) is 0 Å². The van der Waals surface area contributed by atoms with E-state index in [2.05, 4.69) is 10.3 Å². The summed E-state index contributed by atoms with van der Waals surface area (Å²) in [6.07, 6.45) is -3.30. The smallest absolute Gasteiger partial charge is 0.407 e. The maximum absolute atomic E-state index is 14.4. The van der Waals surface area contributed by atoms with Crippen LogP contribution in [0.1, 0.15) is 38.6 Å². The molecule has 1 N–H and O–H groups in total. The number of carbonyl (C=O) groups is 1. The lowest BCUT2D eigenvalue weighted by molar-refractivity contribution is 0.0528. The molecule has 0 unspecified atom stereocenters. The fourth-order valence-corrected chi connectivity index (χ4v) is 3.06. The predicted molar refractivity (Wildman–Crippen MR) is 110 cm³/mol. The van der Waals surface area contributed by atoms with Crippen LogP contribution < -0.4 is 10.9 Å². The maximum Gasteiger partial charge on any atom is 0.407 e. The first-order valence-corrected chi connectivity index (χ1v) is 9.62. The molecule has 3 aromatic rings. The van der Waals surface area contributed by atoms with Gasteiger partial charge in [-0.15, -0.1) is 0 Å². The van der Waals surface area contributed by atoms with Crippen LogP contribution in [0.5, 0.6) is 0 Å². The van der Waals surface area contributed by atoms with Crippen molar-refractivity contribution < 1.29 is 22.7 Å². The fourth-order valence-electron chi connectivity index (χ4n) is 3.06. The summed E-state index contributed by atoms with van der Waals surface area (Å²) in [5.74, 6) is -0.572. The fraction of sp³-hybridized carbons (Fsp3) is 0.318. The van der Waals surface area contributed by atoms with Gasteiger partial charge in [-0.05, 0) is 45.0 Å². The number of ether oxygens (including phenoxy) is 1. The molecule has 3 rings (SSSR count). The van der Waals surface area contributed by atoms with Crippen LogP contribution in [0.25, 0.3) is 16.6 Å². The number of hydrogen-bond donors (Lipinski definition) is 1. The number of carbonyl (C=O) groups excluding carboxylic acids is 1. The van der Waals surface area contributed by atoms with Crippen LogP contribution >= 0.6 is 0 Å². The third-order valence-corrected chi connectivity index (χ3v) is 4.31. The highest BCUT2D eigenvalue weighted by atomic mass is 19.3. The standard InChI is InChI=1S/C22H22F3N3O3/c1-22(2,3)31-21(30)26-11-10-17-27-16-9-5-8-15(23)18(16)20(29)28(17)14-7-4-6-13(12-14)19(24)25/h4-9,12,19H,10-11H2,1-3H3,(H,26,30). The van der Waals surface area contributed by atoms with Gasteiger partial charge in [-0.3, -0.25) is 9.36 Å². The number of alkyl halides is 2. The van der Waals surface area contributed by atoms with E-state index >= 15 is 0 Å². The average molecular weight is 433 g/mol. The highest BCUT2D eigenvalue weighted by Crippen LogP contribution is 2.22. The third kappa shape index (κ3) is 5.22. The van der Waals surface area contributed by atoms with Crippen molar-refractivity contribution in [2.75, 3.05) is 6.54 Å². The number of rotatable bonds is 5. The first kappa shape index (κ1) is 22.3. The highest BCUT2D eigenvalue weighted by molar-refractivity contribution is 5.78. The zero-order chi connectivity index (χ0) is 22.8. The molecule has 31 heavy (non-hydrogen) atoms. The van der Waals surface area contributed by atoms with Crippen molar-refractivity contribution in [2.24, 2.45) is 0 Å². The van der Waals surface area contributed by atoms with Gasteiger partial charge < -0.3 is 10.1 Å². The molecule has 1 aromatic heterocycles. The van der Waals surface area contributed by atoms with Gasteiger partial charge in [0.25, 0.3) is 12.0 Å². The van der Waals surface area contributed by atoms with E-state index in [-0.39, 0.29) is 40.9 Å². The molecule has 1 heterocycles. The summed E-state index contributed by atoms with van der Waals surface area (Å²) < 4.78 is 47.0. The highest BCUT2D eigenvalue weighted by Gasteiger charge is 2.19. The Labute approximate surface area is 176 Å². The minimum Gasteiger partial charge on any atom is -0.444 e. The van der Waals surface area contributed by atoms with Gasteiger partial charge in [-0.2, -0.15) is 0 Å². The Kier molecular flexibility index (Phi) is 6.33. The summed E-state index contributed by atoms with van der Waals surface area (Å²) in [5.41, 5.74) is -1.41. The number of aromatic nitrogens is 2. The molecule has 0 atom stereocenters. The van der Waals surface area contributed by atoms with Gasteiger partial charge in [0.1, 0.15) is 22.6 Å². The molecule has 164 valence electrons. The number of nitrogens with zero attached hydrogens (tertiary/aromatic N) is 2. The molecule has 1 amide bonds. The van der Waals surface area contributed by atoms with E-state index in [1.807, 2.05) is 0 Å². The largest absolute Gasteiger partial charge is 0.444 e. The minimum atomic E-state index is -2.74. The van der Waals surface area contributed by atoms with E-state index < -0.39 is 29.5 Å². The number of hydrogen-bond acceptors (Lipinski definition) is 4. The summed E-state index contributed by atoms with van der Waals surface area (Å²) >= 11 is 0. The minimum absolute atomic E-state index is 0.0662. The first-order valence-electron chi connectivity index (χ1n) is 9.62. The lowest BCUT2D eigenvalue weighted by atomic mass is 10.1. The second kappa shape index (κ2) is 8.79. The van der Waals surface area contributed by atoms with Crippen molar-refractivity contribution in [1.29, 1.82) is 0 Å². The van der Waals surface area contributed by atoms with Crippen molar-refractivity contribution >= 4 is 17.0 Å². The molecule has 0 bridgehead atoms. The molecule has 0 aliphatic heterocycles. The number of nitrogens with one attached hydrogen (secondary N) is 1. The Morgan fingerprint density at radius 3 is 2.58 bits per heavy atom. The van der Waals surface area contributed by atoms with Crippen molar-refractivity contribution in [3.63, 3.8) is 0 Å². The van der Waals surface area contributed by atoms with Crippen molar-refractivity contribution in [3.05, 3.63) is 70.0 Å². The van der Waals surface area contributed by atoms with Crippen LogP contribution in [0, 0.1) is 5.82 Å². The lowest BCUT2D eigenvalue weighted by Gasteiger charge is -2.20. The normalized spacial score (nSPS) is 11.7. The maximum atomic E-state index is 14.4. The average Bonchev–Trinajstić information content (AvgIpc) is 2.66. The summed E-state index contributed by atoms with van der Waals surface area (Å²) in [7, 11) is 0. The van der Waals surface area contributed by atoms with Crippen molar-refractivity contribution in [2.45, 2.75) is 39.2 Å². The van der Waals surface area contributed by atoms with Crippen LogP contribution in [-0.2, 0) is 11.2 Å². The molecule has 0 aliphatic carbocycles. The Morgan fingerprint density at radius 1 is 1.19 bits per heavy atom. The van der Waals surface area contributed by atoms with E-state index in [1.165, 1.54) is 30.3 Å². The van der Waals surface area contributed by atoms with Gasteiger partial charge in [0.15, 0.2) is 0 Å². The number of fused-ring (bicyclic) bond motifs is 1. The Hall–Kier alpha value is -3.36. The SMILES string of the molecule is CC(C)(C)OC(=O)NCCc1nc2cccc(F)c2c(=O)n1-c1cccc(C(F)F)c1. The first-order chi connectivity index (χ1) is 14.6. The Morgan fingerprint density at radius 2 is 1.90 bits per heavy atom. The third-order valence-electron chi connectivity index (χ3n) is 4.31. The molecule has 6 nitrogen and oxygen atoms in total. The van der Waals surface area contributed by atoms with Gasteiger partial charge in [0.05, 0.1) is 11.2 Å².